The Morgan fingerprint density at radius 1 is 0.974 bits per heavy atom. The molecule has 0 bridgehead atoms. The van der Waals surface area contributed by atoms with Crippen molar-refractivity contribution in [2.75, 3.05) is 18.0 Å². The first-order chi connectivity index (χ1) is 18.5. The second kappa shape index (κ2) is 30.5. The van der Waals surface area contributed by atoms with Crippen molar-refractivity contribution in [2.45, 2.75) is 112 Å². The van der Waals surface area contributed by atoms with Gasteiger partial charge in [-0.25, -0.2) is 4.79 Å². The van der Waals surface area contributed by atoms with Crippen molar-refractivity contribution in [1.82, 2.24) is 15.5 Å². The van der Waals surface area contributed by atoms with Crippen molar-refractivity contribution in [2.24, 2.45) is 11.8 Å². The van der Waals surface area contributed by atoms with E-state index in [1.807, 2.05) is 39.5 Å². The van der Waals surface area contributed by atoms with Crippen LogP contribution in [0.5, 0.6) is 0 Å². The average Bonchev–Trinajstić information content (AvgIpc) is 3.46. The van der Waals surface area contributed by atoms with Crippen molar-refractivity contribution >= 4 is 58.7 Å². The summed E-state index contributed by atoms with van der Waals surface area (Å²) in [7, 11) is 0. The van der Waals surface area contributed by atoms with E-state index in [4.69, 9.17) is 15.9 Å². The van der Waals surface area contributed by atoms with E-state index in [1.165, 1.54) is 37.0 Å². The van der Waals surface area contributed by atoms with E-state index in [-0.39, 0.29) is 24.2 Å². The third-order valence-corrected chi connectivity index (χ3v) is 5.30. The number of carboxylic acid groups (broad SMARTS) is 1. The predicted molar refractivity (Wildman–Crippen MR) is 170 cm³/mol. The van der Waals surface area contributed by atoms with Gasteiger partial charge in [0.15, 0.2) is 0 Å². The Labute approximate surface area is 251 Å². The minimum Gasteiger partial charge on any atom is -0.480 e. The molecular formula is C28H56IN5O5. The summed E-state index contributed by atoms with van der Waals surface area (Å²) in [6, 6.07) is -0.603. The van der Waals surface area contributed by atoms with Crippen LogP contribution in [-0.4, -0.2) is 76.2 Å². The highest BCUT2D eigenvalue weighted by Crippen LogP contribution is 2.26. The van der Waals surface area contributed by atoms with Gasteiger partial charge in [-0.05, 0) is 49.4 Å². The Bertz CT molecular complexity index is 668. The van der Waals surface area contributed by atoms with Crippen LogP contribution in [-0.2, 0) is 19.2 Å². The minimum atomic E-state index is -0.984. The SMILES string of the molecule is CC.CC.CC(C)C.CC(NC(=O)C(=N)C=N)C1CCCCC1.CI.O=CNCC(=O)N1CCCC1C(=O)O. The number of amides is 3. The smallest absolute Gasteiger partial charge is 0.326 e. The summed E-state index contributed by atoms with van der Waals surface area (Å²) in [4.78, 5) is 46.6. The fourth-order valence-electron chi connectivity index (χ4n) is 3.65. The van der Waals surface area contributed by atoms with Gasteiger partial charge in [-0.1, -0.05) is 90.3 Å². The summed E-state index contributed by atoms with van der Waals surface area (Å²) in [6.07, 6.45) is 8.50. The molecule has 0 radical (unpaired) electrons. The Balaban J connectivity index is -0.000000237. The number of rotatable bonds is 8. The van der Waals surface area contributed by atoms with Crippen LogP contribution in [0.4, 0.5) is 0 Å². The molecule has 3 amide bonds. The topological polar surface area (TPSA) is 164 Å². The van der Waals surface area contributed by atoms with E-state index in [0.29, 0.717) is 31.7 Å². The van der Waals surface area contributed by atoms with Crippen LogP contribution in [0.3, 0.4) is 0 Å². The van der Waals surface area contributed by atoms with Gasteiger partial charge in [0, 0.05) is 18.8 Å². The van der Waals surface area contributed by atoms with Gasteiger partial charge in [-0.2, -0.15) is 0 Å². The van der Waals surface area contributed by atoms with E-state index >= 15 is 0 Å². The van der Waals surface area contributed by atoms with Gasteiger partial charge in [-0.3, -0.25) is 19.8 Å². The summed E-state index contributed by atoms with van der Waals surface area (Å²) >= 11 is 2.15. The van der Waals surface area contributed by atoms with Gasteiger partial charge in [0.2, 0.25) is 12.3 Å². The molecule has 0 aromatic carbocycles. The average molecular weight is 670 g/mol. The summed E-state index contributed by atoms with van der Waals surface area (Å²) in [5.74, 6) is -0.381. The standard InChI is InChI=1S/C11H19N3O.C8H12N2O4.C4H10.2C2H6.CH3I/c1-8(9-5-3-2-4-6-9)14-11(15)10(13)7-12;11-5-9-4-7(12)10-3-1-2-6(10)8(13)14;1-4(2)3;3*1-2/h7-9,12-13H,2-6H2,1H3,(H,14,15);5-6H,1-4H2,(H,9,11)(H,13,14);4H,1-3H3;2*1-2H3;1H3. The number of hydrogen-bond acceptors (Lipinski definition) is 6. The molecular weight excluding hydrogens is 613 g/mol. The van der Waals surface area contributed by atoms with Crippen LogP contribution in [0.2, 0.25) is 0 Å². The first-order valence-electron chi connectivity index (χ1n) is 14.0. The molecule has 10 nitrogen and oxygen atoms in total. The number of carbonyl (C=O) groups is 4. The third kappa shape index (κ3) is 23.5. The summed E-state index contributed by atoms with van der Waals surface area (Å²) in [5, 5.41) is 27.8. The van der Waals surface area contributed by atoms with Gasteiger partial charge in [0.05, 0.1) is 6.54 Å². The number of nitrogens with zero attached hydrogens (tertiary/aromatic N) is 1. The molecule has 1 saturated heterocycles. The fourth-order valence-corrected chi connectivity index (χ4v) is 3.65. The van der Waals surface area contributed by atoms with E-state index in [1.54, 1.807) is 0 Å². The maximum absolute atomic E-state index is 11.4. The van der Waals surface area contributed by atoms with Gasteiger partial charge in [0.25, 0.3) is 5.91 Å². The third-order valence-electron chi connectivity index (χ3n) is 5.30. The number of carboxylic acids is 1. The van der Waals surface area contributed by atoms with Crippen LogP contribution in [0.1, 0.15) is 100 Å². The molecule has 1 saturated carbocycles. The number of hydrogen-bond donors (Lipinski definition) is 5. The maximum Gasteiger partial charge on any atom is 0.326 e. The second-order valence-electron chi connectivity index (χ2n) is 9.03. The molecule has 39 heavy (non-hydrogen) atoms. The number of halogens is 1. The maximum atomic E-state index is 11.4. The van der Waals surface area contributed by atoms with Crippen molar-refractivity contribution in [3.8, 4) is 0 Å². The Morgan fingerprint density at radius 2 is 1.46 bits per heavy atom. The van der Waals surface area contributed by atoms with Crippen molar-refractivity contribution < 1.29 is 24.3 Å². The van der Waals surface area contributed by atoms with E-state index in [9.17, 15) is 19.2 Å². The fraction of sp³-hybridized carbons (Fsp3) is 0.786. The zero-order chi connectivity index (χ0) is 31.4. The molecule has 5 N–H and O–H groups in total. The lowest BCUT2D eigenvalue weighted by molar-refractivity contribution is -0.147. The highest BCUT2D eigenvalue weighted by Gasteiger charge is 2.33. The van der Waals surface area contributed by atoms with Crippen LogP contribution in [0.15, 0.2) is 0 Å². The lowest BCUT2D eigenvalue weighted by atomic mass is 9.84. The Kier molecular flexibility index (Phi) is 34.4. The molecule has 230 valence electrons. The predicted octanol–water partition coefficient (Wildman–Crippen LogP) is 5.31. The molecule has 2 fully saturated rings. The van der Waals surface area contributed by atoms with Crippen molar-refractivity contribution in [1.29, 1.82) is 10.8 Å². The van der Waals surface area contributed by atoms with Crippen LogP contribution >= 0.6 is 22.6 Å². The van der Waals surface area contributed by atoms with Crippen molar-refractivity contribution in [3.05, 3.63) is 0 Å². The first-order valence-corrected chi connectivity index (χ1v) is 16.2. The molecule has 2 aliphatic rings. The number of nitrogens with one attached hydrogen (secondary N) is 4. The first kappa shape index (κ1) is 44.0. The van der Waals surface area contributed by atoms with Crippen LogP contribution in [0.25, 0.3) is 0 Å². The number of aliphatic carboxylic acids is 1. The van der Waals surface area contributed by atoms with Gasteiger partial charge < -0.3 is 26.0 Å². The Morgan fingerprint density at radius 3 is 1.87 bits per heavy atom. The quantitative estimate of drug-likeness (QED) is 0.102. The molecule has 2 unspecified atom stereocenters. The normalized spacial score (nSPS) is 16.2. The Hall–Kier alpha value is -2.05. The number of alkyl halides is 1. The number of carbonyl (C=O) groups excluding carboxylic acids is 3. The largest absolute Gasteiger partial charge is 0.480 e. The molecule has 1 heterocycles. The zero-order valence-electron chi connectivity index (χ0n) is 25.7. The van der Waals surface area contributed by atoms with E-state index < -0.39 is 17.9 Å². The minimum absolute atomic E-state index is 0.123. The molecule has 2 rings (SSSR count). The molecule has 0 aromatic rings. The molecule has 0 spiro atoms. The zero-order valence-corrected chi connectivity index (χ0v) is 27.9. The van der Waals surface area contributed by atoms with Crippen LogP contribution < -0.4 is 10.6 Å². The van der Waals surface area contributed by atoms with Gasteiger partial charge >= 0.3 is 5.97 Å². The lowest BCUT2D eigenvalue weighted by Gasteiger charge is -2.28. The van der Waals surface area contributed by atoms with Crippen molar-refractivity contribution in [3.63, 3.8) is 0 Å². The highest BCUT2D eigenvalue weighted by atomic mass is 127. The molecule has 1 aliphatic carbocycles. The van der Waals surface area contributed by atoms with Crippen LogP contribution in [0, 0.1) is 22.7 Å². The molecule has 1 aliphatic heterocycles. The van der Waals surface area contributed by atoms with E-state index in [0.717, 1.165) is 12.1 Å². The van der Waals surface area contributed by atoms with Gasteiger partial charge in [-0.15, -0.1) is 0 Å². The van der Waals surface area contributed by atoms with Gasteiger partial charge in [0.1, 0.15) is 11.8 Å². The summed E-state index contributed by atoms with van der Waals surface area (Å²) in [5.41, 5.74) is -0.266. The summed E-state index contributed by atoms with van der Waals surface area (Å²) < 4.78 is 0. The lowest BCUT2D eigenvalue weighted by Crippen LogP contribution is -2.44. The highest BCUT2D eigenvalue weighted by molar-refractivity contribution is 14.1. The molecule has 2 atom stereocenters. The summed E-state index contributed by atoms with van der Waals surface area (Å²) in [6.45, 7) is 16.8. The molecule has 11 heteroatoms. The molecule has 0 aromatic heterocycles. The van der Waals surface area contributed by atoms with E-state index in [2.05, 4.69) is 54.0 Å². The number of likely N-dealkylation sites (tertiary alicyclic amines) is 1. The second-order valence-corrected chi connectivity index (χ2v) is 9.03. The monoisotopic (exact) mass is 669 g/mol.